The fourth-order valence-corrected chi connectivity index (χ4v) is 4.38. The molecule has 0 aliphatic carbocycles. The molecule has 0 radical (unpaired) electrons. The van der Waals surface area contributed by atoms with Gasteiger partial charge in [-0.3, -0.25) is 0 Å². The zero-order valence-corrected chi connectivity index (χ0v) is 18.4. The highest BCUT2D eigenvalue weighted by atomic mass is 16.5. The summed E-state index contributed by atoms with van der Waals surface area (Å²) in [4.78, 5) is 11.6. The Morgan fingerprint density at radius 2 is 1.83 bits per heavy atom. The first-order valence-electron chi connectivity index (χ1n) is 10.8. The van der Waals surface area contributed by atoms with Gasteiger partial charge in [-0.2, -0.15) is 0 Å². The van der Waals surface area contributed by atoms with Gasteiger partial charge in [-0.05, 0) is 55.7 Å². The van der Waals surface area contributed by atoms with Crippen molar-refractivity contribution in [1.29, 1.82) is 0 Å². The third kappa shape index (κ3) is 3.89. The second kappa shape index (κ2) is 8.42. The van der Waals surface area contributed by atoms with Gasteiger partial charge in [0.05, 0.1) is 6.54 Å². The van der Waals surface area contributed by atoms with Crippen LogP contribution in [0.15, 0.2) is 49.5 Å². The molecular weight excluding hydrogens is 372 g/mol. The van der Waals surface area contributed by atoms with Gasteiger partial charge < -0.3 is 19.4 Å². The number of aromatic nitrogens is 1. The third-order valence-electron chi connectivity index (χ3n) is 6.19. The number of piperazine rings is 1. The zero-order chi connectivity index (χ0) is 21.3. The van der Waals surface area contributed by atoms with Gasteiger partial charge >= 0.3 is 0 Å². The van der Waals surface area contributed by atoms with E-state index in [1.807, 2.05) is 6.20 Å². The molecule has 5 heteroatoms. The van der Waals surface area contributed by atoms with E-state index in [4.69, 9.17) is 9.72 Å². The molecule has 158 valence electrons. The maximum absolute atomic E-state index is 5.50. The smallest absolute Gasteiger partial charge is 0.186 e. The molecule has 2 aliphatic rings. The van der Waals surface area contributed by atoms with Crippen LogP contribution in [0.3, 0.4) is 0 Å². The largest absolute Gasteiger partial charge is 0.477 e. The minimum Gasteiger partial charge on any atom is -0.477 e. The maximum atomic E-state index is 5.50. The summed E-state index contributed by atoms with van der Waals surface area (Å²) >= 11 is 0. The van der Waals surface area contributed by atoms with Crippen molar-refractivity contribution in [1.82, 2.24) is 9.88 Å². The van der Waals surface area contributed by atoms with Gasteiger partial charge in [0.15, 0.2) is 5.88 Å². The van der Waals surface area contributed by atoms with E-state index in [0.717, 1.165) is 62.2 Å². The lowest BCUT2D eigenvalue weighted by molar-refractivity contribution is 0.270. The summed E-state index contributed by atoms with van der Waals surface area (Å²) in [5.74, 6) is 1.85. The summed E-state index contributed by atoms with van der Waals surface area (Å²) < 4.78 is 5.50. The molecule has 5 nitrogen and oxygen atoms in total. The zero-order valence-electron chi connectivity index (χ0n) is 18.4. The predicted molar refractivity (Wildman–Crippen MR) is 125 cm³/mol. The van der Waals surface area contributed by atoms with Gasteiger partial charge in [-0.15, -0.1) is 0 Å². The first-order valence-corrected chi connectivity index (χ1v) is 10.8. The molecule has 1 aromatic carbocycles. The minimum absolute atomic E-state index is 0.701. The average molecular weight is 405 g/mol. The molecule has 1 aromatic heterocycles. The van der Waals surface area contributed by atoms with Crippen molar-refractivity contribution in [2.24, 2.45) is 0 Å². The SMILES string of the molecule is C=C(c1ccc(N2CCOC2=C)cc1C)N1CCN(c2ncc(CC)cc2C)CC1. The highest BCUT2D eigenvalue weighted by molar-refractivity contribution is 5.69. The standard InChI is InChI=1S/C25H32N4O/c1-6-22-15-19(3)25(26-17-22)28-11-9-27(10-12-28)20(4)24-8-7-23(16-18(24)2)29-13-14-30-21(29)5/h7-8,15-17H,4-6,9-14H2,1-3H3. The van der Waals surface area contributed by atoms with E-state index in [1.54, 1.807) is 0 Å². The van der Waals surface area contributed by atoms with Crippen molar-refractivity contribution in [3.8, 4) is 0 Å². The van der Waals surface area contributed by atoms with Crippen LogP contribution in [0.5, 0.6) is 0 Å². The third-order valence-corrected chi connectivity index (χ3v) is 6.19. The summed E-state index contributed by atoms with van der Waals surface area (Å²) in [7, 11) is 0. The van der Waals surface area contributed by atoms with Crippen LogP contribution in [0.2, 0.25) is 0 Å². The first kappa shape index (κ1) is 20.3. The van der Waals surface area contributed by atoms with E-state index in [-0.39, 0.29) is 0 Å². The average Bonchev–Trinajstić information content (AvgIpc) is 3.19. The molecule has 0 atom stereocenters. The van der Waals surface area contributed by atoms with Crippen molar-refractivity contribution in [2.75, 3.05) is 49.1 Å². The molecule has 2 fully saturated rings. The number of nitrogens with zero attached hydrogens (tertiary/aromatic N) is 4. The van der Waals surface area contributed by atoms with Crippen molar-refractivity contribution in [2.45, 2.75) is 27.2 Å². The number of hydrogen-bond acceptors (Lipinski definition) is 5. The fraction of sp³-hybridized carbons (Fsp3) is 0.400. The molecule has 2 saturated heterocycles. The lowest BCUT2D eigenvalue weighted by atomic mass is 10.0. The van der Waals surface area contributed by atoms with Crippen LogP contribution in [0, 0.1) is 13.8 Å². The number of anilines is 2. The highest BCUT2D eigenvalue weighted by Gasteiger charge is 2.23. The number of hydrogen-bond donors (Lipinski definition) is 0. The molecule has 0 spiro atoms. The molecule has 0 unspecified atom stereocenters. The van der Waals surface area contributed by atoms with Gasteiger partial charge in [0.2, 0.25) is 0 Å². The number of aryl methyl sites for hydroxylation is 3. The fourth-order valence-electron chi connectivity index (χ4n) is 4.38. The summed E-state index contributed by atoms with van der Waals surface area (Å²) in [6, 6.07) is 8.80. The number of benzene rings is 1. The van der Waals surface area contributed by atoms with E-state index in [1.165, 1.54) is 22.3 Å². The molecular formula is C25H32N4O. The molecule has 2 aliphatic heterocycles. The number of rotatable bonds is 5. The van der Waals surface area contributed by atoms with Crippen LogP contribution < -0.4 is 9.80 Å². The molecule has 0 amide bonds. The molecule has 0 saturated carbocycles. The van der Waals surface area contributed by atoms with E-state index in [0.29, 0.717) is 6.61 Å². The van der Waals surface area contributed by atoms with Gasteiger partial charge in [0.1, 0.15) is 12.4 Å². The lowest BCUT2D eigenvalue weighted by Crippen LogP contribution is -2.46. The van der Waals surface area contributed by atoms with Crippen molar-refractivity contribution < 1.29 is 4.74 Å². The Kier molecular flexibility index (Phi) is 5.71. The van der Waals surface area contributed by atoms with Crippen LogP contribution >= 0.6 is 0 Å². The van der Waals surface area contributed by atoms with Crippen LogP contribution in [-0.4, -0.2) is 49.2 Å². The second-order valence-corrected chi connectivity index (χ2v) is 8.15. The second-order valence-electron chi connectivity index (χ2n) is 8.15. The van der Waals surface area contributed by atoms with Gasteiger partial charge in [-0.25, -0.2) is 4.98 Å². The Balaban J connectivity index is 1.42. The van der Waals surface area contributed by atoms with Crippen molar-refractivity contribution in [3.63, 3.8) is 0 Å². The molecule has 2 aromatic rings. The molecule has 30 heavy (non-hydrogen) atoms. The molecule has 4 rings (SSSR count). The van der Waals surface area contributed by atoms with E-state index < -0.39 is 0 Å². The number of ether oxygens (including phenoxy) is 1. The summed E-state index contributed by atoms with van der Waals surface area (Å²) in [6.45, 7) is 20.3. The maximum Gasteiger partial charge on any atom is 0.186 e. The quantitative estimate of drug-likeness (QED) is 0.739. The van der Waals surface area contributed by atoms with E-state index >= 15 is 0 Å². The monoisotopic (exact) mass is 404 g/mol. The lowest BCUT2D eigenvalue weighted by Gasteiger charge is -2.38. The summed E-state index contributed by atoms with van der Waals surface area (Å²) in [5.41, 5.74) is 7.23. The Hall–Kier alpha value is -2.95. The van der Waals surface area contributed by atoms with Crippen LogP contribution in [-0.2, 0) is 11.2 Å². The summed E-state index contributed by atoms with van der Waals surface area (Å²) in [6.07, 6.45) is 3.04. The van der Waals surface area contributed by atoms with Crippen LogP contribution in [0.25, 0.3) is 5.70 Å². The Bertz CT molecular complexity index is 960. The minimum atomic E-state index is 0.701. The first-order chi connectivity index (χ1) is 14.5. The van der Waals surface area contributed by atoms with Crippen molar-refractivity contribution in [3.05, 3.63) is 71.8 Å². The van der Waals surface area contributed by atoms with E-state index in [2.05, 4.69) is 72.9 Å². The van der Waals surface area contributed by atoms with E-state index in [9.17, 15) is 0 Å². The Labute approximate surface area is 180 Å². The van der Waals surface area contributed by atoms with Crippen molar-refractivity contribution >= 4 is 17.2 Å². The molecule has 3 heterocycles. The van der Waals surface area contributed by atoms with Gasteiger partial charge in [0.25, 0.3) is 0 Å². The van der Waals surface area contributed by atoms with Gasteiger partial charge in [-0.1, -0.05) is 25.6 Å². The Morgan fingerprint density at radius 3 is 2.43 bits per heavy atom. The Morgan fingerprint density at radius 1 is 1.07 bits per heavy atom. The van der Waals surface area contributed by atoms with Crippen LogP contribution in [0.1, 0.15) is 29.2 Å². The molecule has 0 bridgehead atoms. The highest BCUT2D eigenvalue weighted by Crippen LogP contribution is 2.30. The predicted octanol–water partition coefficient (Wildman–Crippen LogP) is 4.36. The number of pyridine rings is 1. The van der Waals surface area contributed by atoms with Gasteiger partial charge in [0, 0.05) is 49.3 Å². The normalized spacial score (nSPS) is 16.8. The van der Waals surface area contributed by atoms with Crippen LogP contribution in [0.4, 0.5) is 11.5 Å². The summed E-state index contributed by atoms with van der Waals surface area (Å²) in [5, 5.41) is 0. The topological polar surface area (TPSA) is 31.8 Å². The molecule has 0 N–H and O–H groups in total.